The van der Waals surface area contributed by atoms with Gasteiger partial charge in [0.1, 0.15) is 5.82 Å². The van der Waals surface area contributed by atoms with E-state index in [4.69, 9.17) is 0 Å². The molecule has 1 aliphatic heterocycles. The van der Waals surface area contributed by atoms with E-state index in [2.05, 4.69) is 49.9 Å². The van der Waals surface area contributed by atoms with E-state index in [1.807, 2.05) is 38.2 Å². The molecule has 4 aromatic rings. The Morgan fingerprint density at radius 3 is 2.69 bits per heavy atom. The third-order valence-electron chi connectivity index (χ3n) is 5.37. The van der Waals surface area contributed by atoms with Crippen LogP contribution in [0.1, 0.15) is 22.2 Å². The third kappa shape index (κ3) is 3.07. The van der Waals surface area contributed by atoms with Crippen molar-refractivity contribution in [1.82, 2.24) is 14.5 Å². The van der Waals surface area contributed by atoms with Crippen molar-refractivity contribution in [1.29, 1.82) is 0 Å². The first-order valence-electron chi connectivity index (χ1n) is 9.54. The molecule has 3 heterocycles. The Kier molecular flexibility index (Phi) is 4.13. The van der Waals surface area contributed by atoms with Crippen LogP contribution in [0.25, 0.3) is 10.2 Å². The van der Waals surface area contributed by atoms with Crippen LogP contribution >= 0.6 is 11.3 Å². The number of likely N-dealkylation sites (N-methyl/N-ethyl adjacent to an activating group) is 1. The van der Waals surface area contributed by atoms with Crippen LogP contribution in [-0.2, 0) is 0 Å². The zero-order valence-electron chi connectivity index (χ0n) is 16.5. The summed E-state index contributed by atoms with van der Waals surface area (Å²) in [5.74, 6) is 1.42. The van der Waals surface area contributed by atoms with Gasteiger partial charge in [-0.2, -0.15) is 4.98 Å². The quantitative estimate of drug-likeness (QED) is 0.554. The highest BCUT2D eigenvalue weighted by Gasteiger charge is 2.30. The van der Waals surface area contributed by atoms with Gasteiger partial charge in [0.05, 0.1) is 21.3 Å². The molecule has 2 aromatic heterocycles. The molecule has 5 rings (SSSR count). The van der Waals surface area contributed by atoms with Crippen LogP contribution in [-0.4, -0.2) is 28.1 Å². The number of hydrogen-bond donors (Lipinski definition) is 1. The van der Waals surface area contributed by atoms with E-state index in [-0.39, 0.29) is 11.6 Å². The minimum atomic E-state index is -0.248. The SMILES string of the molecule is Cc1nc2cc(Nc3nc(=O)cc4n3C(c3ccccc3)CN4C)c(C)cc2s1. The highest BCUT2D eigenvalue weighted by molar-refractivity contribution is 7.18. The van der Waals surface area contributed by atoms with Gasteiger partial charge in [0.2, 0.25) is 5.95 Å². The summed E-state index contributed by atoms with van der Waals surface area (Å²) in [7, 11) is 2.01. The van der Waals surface area contributed by atoms with Gasteiger partial charge in [-0.1, -0.05) is 30.3 Å². The lowest BCUT2D eigenvalue weighted by Crippen LogP contribution is -2.18. The second-order valence-electron chi connectivity index (χ2n) is 7.45. The van der Waals surface area contributed by atoms with Gasteiger partial charge in [-0.25, -0.2) is 4.98 Å². The number of benzene rings is 2. The van der Waals surface area contributed by atoms with Gasteiger partial charge in [-0.3, -0.25) is 9.36 Å². The molecule has 2 aromatic carbocycles. The first-order chi connectivity index (χ1) is 14.0. The molecule has 0 fully saturated rings. The highest BCUT2D eigenvalue weighted by atomic mass is 32.1. The zero-order chi connectivity index (χ0) is 20.1. The van der Waals surface area contributed by atoms with Crippen LogP contribution in [0.2, 0.25) is 0 Å². The summed E-state index contributed by atoms with van der Waals surface area (Å²) >= 11 is 1.69. The Hall–Kier alpha value is -3.19. The summed E-state index contributed by atoms with van der Waals surface area (Å²) < 4.78 is 3.28. The van der Waals surface area contributed by atoms with Gasteiger partial charge in [0, 0.05) is 25.3 Å². The van der Waals surface area contributed by atoms with Gasteiger partial charge in [0.25, 0.3) is 5.56 Å². The number of fused-ring (bicyclic) bond motifs is 2. The Morgan fingerprint density at radius 1 is 1.10 bits per heavy atom. The van der Waals surface area contributed by atoms with Crippen molar-refractivity contribution < 1.29 is 0 Å². The second kappa shape index (κ2) is 6.70. The lowest BCUT2D eigenvalue weighted by molar-refractivity contribution is 0.654. The van der Waals surface area contributed by atoms with Crippen LogP contribution < -0.4 is 15.8 Å². The van der Waals surface area contributed by atoms with Gasteiger partial charge < -0.3 is 10.2 Å². The minimum absolute atomic E-state index is 0.0809. The highest BCUT2D eigenvalue weighted by Crippen LogP contribution is 2.36. The molecule has 6 nitrogen and oxygen atoms in total. The van der Waals surface area contributed by atoms with E-state index in [0.29, 0.717) is 5.95 Å². The number of nitrogens with zero attached hydrogens (tertiary/aromatic N) is 4. The van der Waals surface area contributed by atoms with Crippen molar-refractivity contribution in [2.45, 2.75) is 19.9 Å². The Bertz CT molecular complexity index is 1280. The molecule has 1 N–H and O–H groups in total. The molecule has 1 atom stereocenters. The number of hydrogen-bond acceptors (Lipinski definition) is 6. The maximum atomic E-state index is 12.3. The van der Waals surface area contributed by atoms with Crippen LogP contribution in [0.15, 0.2) is 53.3 Å². The molecule has 7 heteroatoms. The molecule has 1 aliphatic rings. The number of nitrogens with one attached hydrogen (secondary N) is 1. The van der Waals surface area contributed by atoms with E-state index in [1.54, 1.807) is 17.4 Å². The van der Waals surface area contributed by atoms with Crippen molar-refractivity contribution in [2.24, 2.45) is 0 Å². The molecule has 0 aliphatic carbocycles. The van der Waals surface area contributed by atoms with Crippen molar-refractivity contribution in [3.63, 3.8) is 0 Å². The van der Waals surface area contributed by atoms with E-state index in [9.17, 15) is 4.79 Å². The summed E-state index contributed by atoms with van der Waals surface area (Å²) in [4.78, 5) is 23.4. The van der Waals surface area contributed by atoms with Gasteiger partial charge in [0.15, 0.2) is 0 Å². The monoisotopic (exact) mass is 403 g/mol. The maximum Gasteiger partial charge on any atom is 0.276 e. The van der Waals surface area contributed by atoms with E-state index < -0.39 is 0 Å². The molecular weight excluding hydrogens is 382 g/mol. The first kappa shape index (κ1) is 17.9. The number of anilines is 3. The van der Waals surface area contributed by atoms with Crippen LogP contribution in [0, 0.1) is 13.8 Å². The number of rotatable bonds is 3. The predicted octanol–water partition coefficient (Wildman–Crippen LogP) is 4.25. The molecule has 1 unspecified atom stereocenters. The summed E-state index contributed by atoms with van der Waals surface area (Å²) in [6.07, 6.45) is 0. The minimum Gasteiger partial charge on any atom is -0.358 e. The molecule has 0 bridgehead atoms. The van der Waals surface area contributed by atoms with Crippen molar-refractivity contribution >= 4 is 39.0 Å². The first-order valence-corrected chi connectivity index (χ1v) is 10.4. The number of aromatic nitrogens is 3. The van der Waals surface area contributed by atoms with Crippen LogP contribution in [0.3, 0.4) is 0 Å². The van der Waals surface area contributed by atoms with Crippen LogP contribution in [0.5, 0.6) is 0 Å². The summed E-state index contributed by atoms with van der Waals surface area (Å²) in [6.45, 7) is 4.86. The molecular formula is C22H21N5OS. The lowest BCUT2D eigenvalue weighted by Gasteiger charge is -2.19. The molecule has 0 saturated heterocycles. The van der Waals surface area contributed by atoms with E-state index in [1.165, 1.54) is 5.56 Å². The molecule has 29 heavy (non-hydrogen) atoms. The number of thiazole rings is 1. The Labute approximate surface area is 172 Å². The normalized spacial score (nSPS) is 15.7. The summed E-state index contributed by atoms with van der Waals surface area (Å²) in [5.41, 5.74) is 3.90. The molecule has 0 radical (unpaired) electrons. The standard InChI is InChI=1S/C22H21N5OS/c1-13-9-19-17(23-14(2)29-19)10-16(13)24-22-25-20(28)11-21-26(3)12-18(27(21)22)15-7-5-4-6-8-15/h4-11,18H,12H2,1-3H3,(H,24,25,28). The molecule has 0 spiro atoms. The van der Waals surface area contributed by atoms with Crippen LogP contribution in [0.4, 0.5) is 17.5 Å². The molecule has 146 valence electrons. The largest absolute Gasteiger partial charge is 0.358 e. The number of aryl methyl sites for hydroxylation is 2. The van der Waals surface area contributed by atoms with Crippen molar-refractivity contribution in [3.05, 3.63) is 75.0 Å². The lowest BCUT2D eigenvalue weighted by atomic mass is 10.1. The third-order valence-corrected chi connectivity index (χ3v) is 6.30. The Morgan fingerprint density at radius 2 is 1.90 bits per heavy atom. The van der Waals surface area contributed by atoms with Crippen molar-refractivity contribution in [3.8, 4) is 0 Å². The van der Waals surface area contributed by atoms with Gasteiger partial charge in [-0.05, 0) is 37.1 Å². The van der Waals surface area contributed by atoms with Gasteiger partial charge >= 0.3 is 0 Å². The van der Waals surface area contributed by atoms with Crippen molar-refractivity contribution in [2.75, 3.05) is 23.8 Å². The fourth-order valence-electron chi connectivity index (χ4n) is 3.98. The molecule has 0 saturated carbocycles. The second-order valence-corrected chi connectivity index (χ2v) is 8.68. The zero-order valence-corrected chi connectivity index (χ0v) is 17.3. The summed E-state index contributed by atoms with van der Waals surface area (Å²) in [5, 5.41) is 4.46. The fourth-order valence-corrected chi connectivity index (χ4v) is 4.89. The van der Waals surface area contributed by atoms with E-state index in [0.717, 1.165) is 38.8 Å². The van der Waals surface area contributed by atoms with E-state index >= 15 is 0 Å². The predicted molar refractivity (Wildman–Crippen MR) is 119 cm³/mol. The molecule has 0 amide bonds. The summed E-state index contributed by atoms with van der Waals surface area (Å²) in [6, 6.07) is 16.2. The average molecular weight is 404 g/mol. The Balaban J connectivity index is 1.64. The topological polar surface area (TPSA) is 63.1 Å². The maximum absolute atomic E-state index is 12.3. The van der Waals surface area contributed by atoms with Gasteiger partial charge in [-0.15, -0.1) is 11.3 Å². The fraction of sp³-hybridized carbons (Fsp3) is 0.227. The average Bonchev–Trinajstić information content (AvgIpc) is 3.21. The smallest absolute Gasteiger partial charge is 0.276 e.